The molecule has 0 fully saturated rings. The van der Waals surface area contributed by atoms with Gasteiger partial charge in [-0.3, -0.25) is 24.1 Å². The summed E-state index contributed by atoms with van der Waals surface area (Å²) >= 11 is 0. The van der Waals surface area contributed by atoms with Crippen LogP contribution in [0.4, 0.5) is 5.69 Å². The number of rotatable bonds is 9. The van der Waals surface area contributed by atoms with Gasteiger partial charge in [-0.15, -0.1) is 0 Å². The van der Waals surface area contributed by atoms with Crippen molar-refractivity contribution in [3.05, 3.63) is 45.4 Å². The van der Waals surface area contributed by atoms with Crippen LogP contribution in [0.5, 0.6) is 5.75 Å². The predicted octanol–water partition coefficient (Wildman–Crippen LogP) is 0.141. The number of primary amides is 1. The fourth-order valence-electron chi connectivity index (χ4n) is 6.47. The van der Waals surface area contributed by atoms with E-state index in [9.17, 15) is 39.6 Å². The summed E-state index contributed by atoms with van der Waals surface area (Å²) in [6.45, 7) is 0.483. The number of carbonyl (C=O) groups is 4. The van der Waals surface area contributed by atoms with Gasteiger partial charge in [-0.25, -0.2) is 0 Å². The van der Waals surface area contributed by atoms with E-state index in [1.54, 1.807) is 39.2 Å². The number of carbonyl (C=O) groups excluding carboxylic acids is 3. The summed E-state index contributed by atoms with van der Waals surface area (Å²) in [6.07, 6.45) is 0.525. The van der Waals surface area contributed by atoms with Gasteiger partial charge >= 0.3 is 5.97 Å². The zero-order valence-corrected chi connectivity index (χ0v) is 23.4. The summed E-state index contributed by atoms with van der Waals surface area (Å²) in [4.78, 5) is 53.6. The van der Waals surface area contributed by atoms with Gasteiger partial charge in [-0.1, -0.05) is 0 Å². The summed E-state index contributed by atoms with van der Waals surface area (Å²) in [5, 5.41) is 57.2. The van der Waals surface area contributed by atoms with Crippen LogP contribution >= 0.6 is 0 Å². The molecule has 222 valence electrons. The van der Waals surface area contributed by atoms with Gasteiger partial charge in [0.1, 0.15) is 22.8 Å². The van der Waals surface area contributed by atoms with Gasteiger partial charge in [-0.05, 0) is 57.5 Å². The number of Topliss-reactive ketones (excluding diaryl/α,β-unsaturated/α-hetero) is 2. The number of fused-ring (bicyclic) bond motifs is 3. The Balaban J connectivity index is 1.83. The number of amides is 1. The van der Waals surface area contributed by atoms with Gasteiger partial charge in [0.05, 0.1) is 11.6 Å². The molecular weight excluding hydrogens is 536 g/mol. The molecule has 13 nitrogen and oxygen atoms in total. The number of nitrogens with two attached hydrogens (primary N) is 1. The van der Waals surface area contributed by atoms with Crippen LogP contribution in [0.25, 0.3) is 0 Å². The molecule has 0 saturated carbocycles. The molecule has 0 aromatic heterocycles. The second-order valence-corrected chi connectivity index (χ2v) is 11.3. The molecule has 0 unspecified atom stereocenters. The van der Waals surface area contributed by atoms with Crippen molar-refractivity contribution in [2.75, 3.05) is 39.6 Å². The number of aromatic hydroxyl groups is 1. The average molecular weight is 573 g/mol. The Morgan fingerprint density at radius 1 is 1.15 bits per heavy atom. The SMILES string of the molecule is CN(C)c1cc(CNCCCC(=O)O)c(O)c2c1C[C@H]1C[C@H]3[C@H](N(C)C)C(O)=C(C(N)=O)C(=O)[C@@]3(O)C(O)=C1C2=O. The minimum Gasteiger partial charge on any atom is -0.510 e. The van der Waals surface area contributed by atoms with Crippen molar-refractivity contribution in [1.82, 2.24) is 10.2 Å². The minimum absolute atomic E-state index is 0.00623. The first kappa shape index (κ1) is 30.0. The van der Waals surface area contributed by atoms with Gasteiger partial charge in [-0.2, -0.15) is 0 Å². The maximum absolute atomic E-state index is 14.0. The molecule has 0 spiro atoms. The van der Waals surface area contributed by atoms with Gasteiger partial charge in [0.15, 0.2) is 11.4 Å². The molecule has 0 heterocycles. The standard InChI is InChI=1S/C28H36N4O9/c1-31(2)16-10-13(11-30-7-5-6-17(33)34)22(35)19-14(16)8-12-9-15-21(32(3)4)24(37)20(27(29)40)26(39)28(15,41)25(38)18(12)23(19)36/h10,12,15,21,30,35,37-38,41H,5-9,11H2,1-4H3,(H2,29,40)(H,33,34)/t12-,15-,21-,28-/m0/s1. The Labute approximate surface area is 236 Å². The fourth-order valence-corrected chi connectivity index (χ4v) is 6.47. The number of carboxylic acid groups (broad SMARTS) is 1. The van der Waals surface area contributed by atoms with Gasteiger partial charge in [0.25, 0.3) is 5.91 Å². The highest BCUT2D eigenvalue weighted by molar-refractivity contribution is 6.25. The first-order chi connectivity index (χ1) is 19.1. The lowest BCUT2D eigenvalue weighted by atomic mass is 9.58. The Bertz CT molecular complexity index is 1400. The van der Waals surface area contributed by atoms with E-state index in [-0.39, 0.29) is 42.7 Å². The third-order valence-corrected chi connectivity index (χ3v) is 8.32. The van der Waals surface area contributed by atoms with Crippen LogP contribution in [0.1, 0.15) is 40.7 Å². The van der Waals surface area contributed by atoms with E-state index in [2.05, 4.69) is 5.32 Å². The highest BCUT2D eigenvalue weighted by Crippen LogP contribution is 2.53. The zero-order valence-electron chi connectivity index (χ0n) is 23.4. The van der Waals surface area contributed by atoms with Crippen molar-refractivity contribution in [3.63, 3.8) is 0 Å². The number of likely N-dealkylation sites (N-methyl/N-ethyl adjacent to an activating group) is 1. The summed E-state index contributed by atoms with van der Waals surface area (Å²) in [5.74, 6) is -7.88. The molecule has 0 radical (unpaired) electrons. The number of phenols is 1. The van der Waals surface area contributed by atoms with Crippen molar-refractivity contribution in [3.8, 4) is 5.75 Å². The number of benzene rings is 1. The minimum atomic E-state index is -2.70. The lowest BCUT2D eigenvalue weighted by Gasteiger charge is -2.50. The summed E-state index contributed by atoms with van der Waals surface area (Å²) in [5.41, 5.74) is 3.06. The van der Waals surface area contributed by atoms with Crippen molar-refractivity contribution in [2.24, 2.45) is 17.6 Å². The number of ketones is 2. The van der Waals surface area contributed by atoms with Crippen molar-refractivity contribution >= 4 is 29.1 Å². The lowest BCUT2D eigenvalue weighted by molar-refractivity contribution is -0.148. The predicted molar refractivity (Wildman–Crippen MR) is 147 cm³/mol. The second kappa shape index (κ2) is 10.8. The zero-order chi connectivity index (χ0) is 30.5. The lowest BCUT2D eigenvalue weighted by Crippen LogP contribution is -2.63. The third kappa shape index (κ3) is 4.73. The molecule has 1 aromatic rings. The molecule has 1 amide bonds. The number of hydrogen-bond donors (Lipinski definition) is 7. The van der Waals surface area contributed by atoms with E-state index < -0.39 is 64.0 Å². The molecule has 3 aliphatic carbocycles. The highest BCUT2D eigenvalue weighted by Gasteiger charge is 2.63. The van der Waals surface area contributed by atoms with Crippen molar-refractivity contribution < 1.29 is 44.7 Å². The topological polar surface area (TPSA) is 214 Å². The number of aliphatic hydroxyl groups is 3. The third-order valence-electron chi connectivity index (χ3n) is 8.32. The summed E-state index contributed by atoms with van der Waals surface area (Å²) < 4.78 is 0. The van der Waals surface area contributed by atoms with Crippen molar-refractivity contribution in [1.29, 1.82) is 0 Å². The molecule has 1 aromatic carbocycles. The molecule has 0 bridgehead atoms. The van der Waals surface area contributed by atoms with Gasteiger partial charge < -0.3 is 41.5 Å². The molecule has 3 aliphatic rings. The first-order valence-electron chi connectivity index (χ1n) is 13.3. The number of hydrogen-bond acceptors (Lipinski definition) is 11. The number of nitrogens with zero attached hydrogens (tertiary/aromatic N) is 2. The second-order valence-electron chi connectivity index (χ2n) is 11.3. The quantitative estimate of drug-likeness (QED) is 0.155. The summed E-state index contributed by atoms with van der Waals surface area (Å²) in [6, 6.07) is 0.677. The number of carboxylic acids is 1. The Hall–Kier alpha value is -3.94. The van der Waals surface area contributed by atoms with Crippen LogP contribution in [0.2, 0.25) is 0 Å². The number of phenolic OH excluding ortho intramolecular Hbond substituents is 1. The fraction of sp³-hybridized carbons (Fsp3) is 0.500. The Morgan fingerprint density at radius 2 is 1.80 bits per heavy atom. The maximum Gasteiger partial charge on any atom is 0.303 e. The van der Waals surface area contributed by atoms with E-state index in [4.69, 9.17) is 10.8 Å². The molecule has 41 heavy (non-hydrogen) atoms. The van der Waals surface area contributed by atoms with Crippen LogP contribution in [0, 0.1) is 11.8 Å². The maximum atomic E-state index is 14.0. The number of aliphatic carboxylic acids is 1. The molecule has 4 atom stereocenters. The Kier molecular flexibility index (Phi) is 7.91. The van der Waals surface area contributed by atoms with Crippen molar-refractivity contribution in [2.45, 2.75) is 43.9 Å². The number of nitrogens with one attached hydrogen (secondary N) is 1. The van der Waals surface area contributed by atoms with E-state index in [0.717, 1.165) is 0 Å². The van der Waals surface area contributed by atoms with Crippen LogP contribution in [-0.2, 0) is 27.3 Å². The monoisotopic (exact) mass is 572 g/mol. The van der Waals surface area contributed by atoms with Crippen LogP contribution in [0.15, 0.2) is 28.7 Å². The van der Waals surface area contributed by atoms with E-state index in [1.165, 1.54) is 4.90 Å². The van der Waals surface area contributed by atoms with E-state index in [1.807, 2.05) is 0 Å². The van der Waals surface area contributed by atoms with Crippen LogP contribution in [0.3, 0.4) is 0 Å². The number of allylic oxidation sites excluding steroid dienone is 1. The average Bonchev–Trinajstić information content (AvgIpc) is 2.86. The van der Waals surface area contributed by atoms with Crippen LogP contribution in [-0.4, -0.2) is 100 Å². The molecule has 0 aliphatic heterocycles. The summed E-state index contributed by atoms with van der Waals surface area (Å²) in [7, 11) is 6.71. The van der Waals surface area contributed by atoms with E-state index in [0.29, 0.717) is 29.8 Å². The van der Waals surface area contributed by atoms with Crippen LogP contribution < -0.4 is 16.0 Å². The largest absolute Gasteiger partial charge is 0.510 e. The highest BCUT2D eigenvalue weighted by atomic mass is 16.4. The van der Waals surface area contributed by atoms with E-state index >= 15 is 0 Å². The first-order valence-corrected chi connectivity index (χ1v) is 13.3. The van der Waals surface area contributed by atoms with Gasteiger partial charge in [0, 0.05) is 49.8 Å². The molecule has 0 saturated heterocycles. The number of aliphatic hydroxyl groups excluding tert-OH is 2. The molecule has 4 rings (SSSR count). The number of anilines is 1. The van der Waals surface area contributed by atoms with Gasteiger partial charge in [0.2, 0.25) is 5.78 Å². The Morgan fingerprint density at radius 3 is 2.37 bits per heavy atom. The molecular formula is C28H36N4O9. The normalized spacial score (nSPS) is 25.7. The smallest absolute Gasteiger partial charge is 0.303 e. The molecule has 13 heteroatoms. The molecule has 8 N–H and O–H groups in total.